The molecule has 6 nitrogen and oxygen atoms in total. The number of hydrogen-bond acceptors (Lipinski definition) is 4. The largest absolute Gasteiger partial charge is 0.405 e. The lowest BCUT2D eigenvalue weighted by atomic mass is 10.3. The molecule has 1 aliphatic rings. The molecule has 1 heterocycles. The van der Waals surface area contributed by atoms with Gasteiger partial charge in [0.05, 0.1) is 11.6 Å². The lowest BCUT2D eigenvalue weighted by Crippen LogP contribution is -2.51. The van der Waals surface area contributed by atoms with Crippen molar-refractivity contribution in [1.82, 2.24) is 14.5 Å². The number of alkyl halides is 3. The minimum absolute atomic E-state index is 0.00744. The van der Waals surface area contributed by atoms with Gasteiger partial charge < -0.3 is 5.32 Å². The van der Waals surface area contributed by atoms with E-state index < -0.39 is 28.7 Å². The van der Waals surface area contributed by atoms with Crippen molar-refractivity contribution in [3.8, 4) is 0 Å². The number of halogens is 4. The summed E-state index contributed by atoms with van der Waals surface area (Å²) < 4.78 is 62.6. The quantitative estimate of drug-likeness (QED) is 0.811. The van der Waals surface area contributed by atoms with E-state index in [9.17, 15) is 26.4 Å². The molecule has 0 atom stereocenters. The van der Waals surface area contributed by atoms with Crippen LogP contribution in [0, 0.1) is 0 Å². The van der Waals surface area contributed by atoms with Crippen molar-refractivity contribution in [1.29, 1.82) is 0 Å². The Morgan fingerprint density at radius 3 is 2.32 bits per heavy atom. The zero-order valence-electron chi connectivity index (χ0n) is 13.1. The second-order valence-corrected chi connectivity index (χ2v) is 7.82. The van der Waals surface area contributed by atoms with Gasteiger partial charge in [0, 0.05) is 26.2 Å². The first-order chi connectivity index (χ1) is 11.6. The molecular weight excluding hydrogens is 383 g/mol. The van der Waals surface area contributed by atoms with Crippen molar-refractivity contribution in [2.75, 3.05) is 39.3 Å². The zero-order valence-corrected chi connectivity index (χ0v) is 14.7. The molecule has 0 spiro atoms. The smallest absolute Gasteiger partial charge is 0.346 e. The van der Waals surface area contributed by atoms with E-state index in [2.05, 4.69) is 0 Å². The van der Waals surface area contributed by atoms with Crippen LogP contribution in [0.4, 0.5) is 13.2 Å². The van der Waals surface area contributed by atoms with Gasteiger partial charge in [-0.1, -0.05) is 23.7 Å². The van der Waals surface area contributed by atoms with Crippen molar-refractivity contribution >= 4 is 27.5 Å². The van der Waals surface area contributed by atoms with E-state index >= 15 is 0 Å². The van der Waals surface area contributed by atoms with Crippen LogP contribution >= 0.6 is 11.6 Å². The standard InChI is InChI=1S/C14H17ClF3N3O3S/c15-11-3-1-2-4-12(11)25(23,24)21-7-5-20(6-8-21)9-13(22)19-10-14(16,17)18/h1-4H,5-10H2,(H,19,22). The average molecular weight is 400 g/mol. The Balaban J connectivity index is 1.89. The molecular formula is C14H17ClF3N3O3S. The molecule has 25 heavy (non-hydrogen) atoms. The third kappa shape index (κ3) is 5.56. The topological polar surface area (TPSA) is 69.7 Å². The monoisotopic (exact) mass is 399 g/mol. The van der Waals surface area contributed by atoms with Crippen LogP contribution in [0.3, 0.4) is 0 Å². The van der Waals surface area contributed by atoms with Gasteiger partial charge >= 0.3 is 6.18 Å². The molecule has 1 aromatic carbocycles. The van der Waals surface area contributed by atoms with Crippen LogP contribution in [0.15, 0.2) is 29.2 Å². The van der Waals surface area contributed by atoms with Gasteiger partial charge in [0.2, 0.25) is 15.9 Å². The van der Waals surface area contributed by atoms with Crippen molar-refractivity contribution in [2.45, 2.75) is 11.1 Å². The Hall–Kier alpha value is -1.36. The summed E-state index contributed by atoms with van der Waals surface area (Å²) in [5, 5.41) is 1.91. The predicted octanol–water partition coefficient (Wildman–Crippen LogP) is 1.32. The van der Waals surface area contributed by atoms with Gasteiger partial charge in [-0.15, -0.1) is 0 Å². The predicted molar refractivity (Wildman–Crippen MR) is 85.7 cm³/mol. The normalized spacial score (nSPS) is 17.4. The van der Waals surface area contributed by atoms with E-state index in [0.717, 1.165) is 0 Å². The van der Waals surface area contributed by atoms with Crippen molar-refractivity contribution < 1.29 is 26.4 Å². The first kappa shape index (κ1) is 20.0. The van der Waals surface area contributed by atoms with Gasteiger partial charge in [0.1, 0.15) is 11.4 Å². The molecule has 1 N–H and O–H groups in total. The van der Waals surface area contributed by atoms with E-state index in [4.69, 9.17) is 11.6 Å². The van der Waals surface area contributed by atoms with Gasteiger partial charge in [0.25, 0.3) is 0 Å². The number of carbonyl (C=O) groups is 1. The van der Waals surface area contributed by atoms with Crippen LogP contribution < -0.4 is 5.32 Å². The fourth-order valence-electron chi connectivity index (χ4n) is 2.38. The molecule has 0 aromatic heterocycles. The molecule has 1 aromatic rings. The number of sulfonamides is 1. The van der Waals surface area contributed by atoms with Crippen molar-refractivity contribution in [3.63, 3.8) is 0 Å². The second-order valence-electron chi connectivity index (χ2n) is 5.50. The fourth-order valence-corrected chi connectivity index (χ4v) is 4.29. The van der Waals surface area contributed by atoms with Crippen LogP contribution in [-0.2, 0) is 14.8 Å². The maximum absolute atomic E-state index is 12.6. The number of hydrogen-bond donors (Lipinski definition) is 1. The van der Waals surface area contributed by atoms with Crippen molar-refractivity contribution in [3.05, 3.63) is 29.3 Å². The number of carbonyl (C=O) groups excluding carboxylic acids is 1. The number of amides is 1. The maximum atomic E-state index is 12.6. The Morgan fingerprint density at radius 1 is 1.16 bits per heavy atom. The first-order valence-corrected chi connectivity index (χ1v) is 9.22. The Bertz CT molecular complexity index is 720. The number of benzene rings is 1. The first-order valence-electron chi connectivity index (χ1n) is 7.40. The number of nitrogens with one attached hydrogen (secondary N) is 1. The summed E-state index contributed by atoms with van der Waals surface area (Å²) in [6, 6.07) is 6.09. The summed E-state index contributed by atoms with van der Waals surface area (Å²) in [4.78, 5) is 13.1. The molecule has 0 aliphatic carbocycles. The zero-order chi connectivity index (χ0) is 18.7. The van der Waals surface area contributed by atoms with Crippen LogP contribution in [0.2, 0.25) is 5.02 Å². The molecule has 2 rings (SSSR count). The molecule has 0 radical (unpaired) electrons. The molecule has 140 valence electrons. The number of piperazine rings is 1. The second kappa shape index (κ2) is 7.90. The lowest BCUT2D eigenvalue weighted by Gasteiger charge is -2.33. The maximum Gasteiger partial charge on any atom is 0.405 e. The van der Waals surface area contributed by atoms with E-state index in [-0.39, 0.29) is 42.6 Å². The minimum atomic E-state index is -4.46. The molecule has 1 fully saturated rings. The van der Waals surface area contributed by atoms with Gasteiger partial charge in [-0.3, -0.25) is 9.69 Å². The van der Waals surface area contributed by atoms with E-state index in [1.807, 2.05) is 0 Å². The molecule has 1 aliphatic heterocycles. The SMILES string of the molecule is O=C(CN1CCN(S(=O)(=O)c2ccccc2Cl)CC1)NCC(F)(F)F. The summed E-state index contributed by atoms with van der Waals surface area (Å²) in [7, 11) is -3.75. The average Bonchev–Trinajstić information content (AvgIpc) is 2.53. The van der Waals surface area contributed by atoms with E-state index in [0.29, 0.717) is 0 Å². The Labute approximate surface area is 148 Å². The lowest BCUT2D eigenvalue weighted by molar-refractivity contribution is -0.139. The minimum Gasteiger partial charge on any atom is -0.346 e. The summed E-state index contributed by atoms with van der Waals surface area (Å²) in [5.41, 5.74) is 0. The van der Waals surface area contributed by atoms with Gasteiger partial charge in [0.15, 0.2) is 0 Å². The highest BCUT2D eigenvalue weighted by Gasteiger charge is 2.31. The number of rotatable bonds is 5. The van der Waals surface area contributed by atoms with Gasteiger partial charge in [-0.2, -0.15) is 17.5 Å². The molecule has 1 saturated heterocycles. The Morgan fingerprint density at radius 2 is 1.76 bits per heavy atom. The summed E-state index contributed by atoms with van der Waals surface area (Å²) in [6.45, 7) is -0.866. The molecule has 1 amide bonds. The summed E-state index contributed by atoms with van der Waals surface area (Å²) in [6.07, 6.45) is -4.46. The molecule has 11 heteroatoms. The third-order valence-corrected chi connectivity index (χ3v) is 6.04. The Kier molecular flexibility index (Phi) is 6.30. The van der Waals surface area contributed by atoms with Crippen LogP contribution in [-0.4, -0.2) is 69.0 Å². The van der Waals surface area contributed by atoms with Crippen LogP contribution in [0.5, 0.6) is 0 Å². The fraction of sp³-hybridized carbons (Fsp3) is 0.500. The summed E-state index contributed by atoms with van der Waals surface area (Å²) in [5.74, 6) is -0.750. The molecule has 0 bridgehead atoms. The van der Waals surface area contributed by atoms with Crippen molar-refractivity contribution in [2.24, 2.45) is 0 Å². The van der Waals surface area contributed by atoms with Crippen LogP contribution in [0.25, 0.3) is 0 Å². The highest BCUT2D eigenvalue weighted by molar-refractivity contribution is 7.89. The third-order valence-electron chi connectivity index (χ3n) is 3.64. The van der Waals surface area contributed by atoms with E-state index in [1.54, 1.807) is 22.3 Å². The molecule has 0 saturated carbocycles. The van der Waals surface area contributed by atoms with Gasteiger partial charge in [-0.05, 0) is 12.1 Å². The molecule has 0 unspecified atom stereocenters. The number of nitrogens with zero attached hydrogens (tertiary/aromatic N) is 2. The van der Waals surface area contributed by atoms with Gasteiger partial charge in [-0.25, -0.2) is 8.42 Å². The summed E-state index contributed by atoms with van der Waals surface area (Å²) >= 11 is 5.94. The van der Waals surface area contributed by atoms with E-state index in [1.165, 1.54) is 16.4 Å². The van der Waals surface area contributed by atoms with Crippen LogP contribution in [0.1, 0.15) is 0 Å². The highest BCUT2D eigenvalue weighted by Crippen LogP contribution is 2.24. The highest BCUT2D eigenvalue weighted by atomic mass is 35.5.